The lowest BCUT2D eigenvalue weighted by atomic mass is 9.92. The third-order valence-electron chi connectivity index (χ3n) is 4.36. The number of Topliss-reactive ketones (excluding diaryl/α,β-unsaturated/α-hetero) is 1. The van der Waals surface area contributed by atoms with Crippen molar-refractivity contribution < 1.29 is 33.4 Å². The second kappa shape index (κ2) is 9.13. The number of rotatable bonds is 6. The standard InChI is InChI=1S/C22H20O7S/c1-12(2)21(25)29-13(3)28-19(24)11-27-22(26)15-8-9-17(23)16-10-14-6-4-5-7-18(14)30-20(15)16/h4-8,13H,1,9-11H2,2-3H3. The molecule has 0 fully saturated rings. The number of hydrogen-bond acceptors (Lipinski definition) is 8. The predicted molar refractivity (Wildman–Crippen MR) is 108 cm³/mol. The molecule has 0 amide bonds. The van der Waals surface area contributed by atoms with Gasteiger partial charge in [0.25, 0.3) is 0 Å². The van der Waals surface area contributed by atoms with Crippen molar-refractivity contribution >= 4 is 35.5 Å². The zero-order chi connectivity index (χ0) is 21.8. The Morgan fingerprint density at radius 1 is 1.20 bits per heavy atom. The topological polar surface area (TPSA) is 96.0 Å². The van der Waals surface area contributed by atoms with Crippen molar-refractivity contribution in [2.45, 2.75) is 37.9 Å². The second-order valence-electron chi connectivity index (χ2n) is 6.76. The van der Waals surface area contributed by atoms with Gasteiger partial charge in [0.05, 0.1) is 5.57 Å². The quantitative estimate of drug-likeness (QED) is 0.388. The molecule has 1 aliphatic heterocycles. The third kappa shape index (κ3) is 4.88. The highest BCUT2D eigenvalue weighted by Gasteiger charge is 2.32. The average Bonchev–Trinajstić information content (AvgIpc) is 2.71. The van der Waals surface area contributed by atoms with E-state index in [4.69, 9.17) is 14.2 Å². The minimum atomic E-state index is -1.15. The average molecular weight is 428 g/mol. The molecule has 1 aromatic carbocycles. The summed E-state index contributed by atoms with van der Waals surface area (Å²) in [5, 5.41) is 0. The van der Waals surface area contributed by atoms with E-state index < -0.39 is 30.8 Å². The van der Waals surface area contributed by atoms with Crippen molar-refractivity contribution in [1.82, 2.24) is 0 Å². The first kappa shape index (κ1) is 21.6. The van der Waals surface area contributed by atoms with Crippen LogP contribution in [0.4, 0.5) is 0 Å². The highest BCUT2D eigenvalue weighted by atomic mass is 32.2. The smallest absolute Gasteiger partial charge is 0.347 e. The second-order valence-corrected chi connectivity index (χ2v) is 7.81. The molecule has 0 saturated carbocycles. The van der Waals surface area contributed by atoms with Gasteiger partial charge in [-0.15, -0.1) is 0 Å². The first-order valence-electron chi connectivity index (χ1n) is 9.22. The van der Waals surface area contributed by atoms with Gasteiger partial charge in [-0.2, -0.15) is 0 Å². The molecule has 156 valence electrons. The largest absolute Gasteiger partial charge is 0.450 e. The van der Waals surface area contributed by atoms with Gasteiger partial charge >= 0.3 is 17.9 Å². The number of fused-ring (bicyclic) bond motifs is 1. The fraction of sp³-hybridized carbons (Fsp3) is 0.273. The molecule has 8 heteroatoms. The SMILES string of the molecule is C=C(C)C(=O)OC(C)OC(=O)COC(=O)C1=CCC(=O)C2=C1Sc1ccccc1C2. The van der Waals surface area contributed by atoms with Gasteiger partial charge in [0.15, 0.2) is 12.4 Å². The number of allylic oxidation sites excluding steroid dienone is 2. The van der Waals surface area contributed by atoms with Crippen molar-refractivity contribution in [3.8, 4) is 0 Å². The van der Waals surface area contributed by atoms with Crippen LogP contribution in [0, 0.1) is 0 Å². The molecule has 1 atom stereocenters. The molecule has 0 bridgehead atoms. The number of carbonyl (C=O) groups is 4. The van der Waals surface area contributed by atoms with Gasteiger partial charge in [-0.3, -0.25) is 4.79 Å². The summed E-state index contributed by atoms with van der Waals surface area (Å²) in [6.45, 7) is 5.61. The molecule has 0 saturated heterocycles. The normalized spacial score (nSPS) is 15.9. The predicted octanol–water partition coefficient (Wildman–Crippen LogP) is 3.04. The molecular formula is C22H20O7S. The number of hydrogen-bond donors (Lipinski definition) is 0. The Bertz CT molecular complexity index is 1000. The summed E-state index contributed by atoms with van der Waals surface area (Å²) in [6.07, 6.45) is 0.930. The molecule has 2 aliphatic rings. The van der Waals surface area contributed by atoms with E-state index in [9.17, 15) is 19.2 Å². The molecule has 0 radical (unpaired) electrons. The monoisotopic (exact) mass is 428 g/mol. The van der Waals surface area contributed by atoms with Crippen LogP contribution in [-0.4, -0.2) is 36.6 Å². The lowest BCUT2D eigenvalue weighted by molar-refractivity contribution is -0.186. The van der Waals surface area contributed by atoms with Gasteiger partial charge < -0.3 is 14.2 Å². The van der Waals surface area contributed by atoms with Crippen LogP contribution in [0.1, 0.15) is 25.8 Å². The molecule has 1 aliphatic carbocycles. The number of esters is 3. The van der Waals surface area contributed by atoms with Crippen LogP contribution in [0.2, 0.25) is 0 Å². The first-order chi connectivity index (χ1) is 14.3. The summed E-state index contributed by atoms with van der Waals surface area (Å²) >= 11 is 1.34. The van der Waals surface area contributed by atoms with Gasteiger partial charge in [-0.05, 0) is 18.6 Å². The molecule has 3 rings (SSSR count). The summed E-state index contributed by atoms with van der Waals surface area (Å²) in [6, 6.07) is 7.68. The lowest BCUT2D eigenvalue weighted by Crippen LogP contribution is -2.26. The van der Waals surface area contributed by atoms with E-state index in [1.165, 1.54) is 31.7 Å². The van der Waals surface area contributed by atoms with Crippen molar-refractivity contribution in [1.29, 1.82) is 0 Å². The van der Waals surface area contributed by atoms with Crippen LogP contribution in [-0.2, 0) is 39.8 Å². The number of thioether (sulfide) groups is 1. The third-order valence-corrected chi connectivity index (χ3v) is 5.65. The fourth-order valence-electron chi connectivity index (χ4n) is 2.92. The molecule has 0 spiro atoms. The van der Waals surface area contributed by atoms with E-state index in [1.54, 1.807) is 0 Å². The first-order valence-corrected chi connectivity index (χ1v) is 10.0. The molecule has 0 aromatic heterocycles. The number of ether oxygens (including phenoxy) is 3. The van der Waals surface area contributed by atoms with Gasteiger partial charge in [-0.25, -0.2) is 14.4 Å². The summed E-state index contributed by atoms with van der Waals surface area (Å²) in [4.78, 5) is 49.7. The van der Waals surface area contributed by atoms with Crippen LogP contribution in [0.25, 0.3) is 0 Å². The van der Waals surface area contributed by atoms with Gasteiger partial charge in [0.1, 0.15) is 0 Å². The summed E-state index contributed by atoms with van der Waals surface area (Å²) in [5.74, 6) is -2.31. The van der Waals surface area contributed by atoms with E-state index in [0.717, 1.165) is 10.5 Å². The van der Waals surface area contributed by atoms with E-state index >= 15 is 0 Å². The van der Waals surface area contributed by atoms with E-state index in [0.29, 0.717) is 16.9 Å². The van der Waals surface area contributed by atoms with Crippen LogP contribution in [0.3, 0.4) is 0 Å². The maximum Gasteiger partial charge on any atom is 0.347 e. The highest BCUT2D eigenvalue weighted by Crippen LogP contribution is 2.44. The summed E-state index contributed by atoms with van der Waals surface area (Å²) < 4.78 is 14.8. The Hall–Kier alpha value is -3.13. The van der Waals surface area contributed by atoms with Crippen molar-refractivity contribution in [2.75, 3.05) is 6.61 Å². The molecule has 0 N–H and O–H groups in total. The number of ketones is 1. The van der Waals surface area contributed by atoms with Crippen LogP contribution in [0.15, 0.2) is 63.4 Å². The van der Waals surface area contributed by atoms with E-state index in [1.807, 2.05) is 24.3 Å². The minimum absolute atomic E-state index is 0.0314. The van der Waals surface area contributed by atoms with Crippen molar-refractivity contribution in [3.05, 3.63) is 64.1 Å². The molecule has 7 nitrogen and oxygen atoms in total. The van der Waals surface area contributed by atoms with Gasteiger partial charge in [-0.1, -0.05) is 42.6 Å². The fourth-order valence-corrected chi connectivity index (χ4v) is 4.14. The van der Waals surface area contributed by atoms with Crippen LogP contribution >= 0.6 is 11.8 Å². The Morgan fingerprint density at radius 2 is 1.93 bits per heavy atom. The van der Waals surface area contributed by atoms with Crippen LogP contribution in [0.5, 0.6) is 0 Å². The Balaban J connectivity index is 1.61. The maximum atomic E-state index is 12.6. The molecule has 1 unspecified atom stereocenters. The minimum Gasteiger partial charge on any atom is -0.450 e. The molecule has 30 heavy (non-hydrogen) atoms. The van der Waals surface area contributed by atoms with E-state index in [2.05, 4.69) is 6.58 Å². The lowest BCUT2D eigenvalue weighted by Gasteiger charge is -2.25. The van der Waals surface area contributed by atoms with Crippen molar-refractivity contribution in [3.63, 3.8) is 0 Å². The summed E-state index contributed by atoms with van der Waals surface area (Å²) in [7, 11) is 0. The maximum absolute atomic E-state index is 12.6. The highest BCUT2D eigenvalue weighted by molar-refractivity contribution is 8.03. The van der Waals surface area contributed by atoms with E-state index in [-0.39, 0.29) is 23.4 Å². The molecule has 1 heterocycles. The molecule has 1 aromatic rings. The zero-order valence-corrected chi connectivity index (χ0v) is 17.4. The number of carbonyl (C=O) groups excluding carboxylic acids is 4. The Kier molecular flexibility index (Phi) is 6.56. The number of benzene rings is 1. The van der Waals surface area contributed by atoms with Crippen LogP contribution < -0.4 is 0 Å². The Morgan fingerprint density at radius 3 is 2.67 bits per heavy atom. The van der Waals surface area contributed by atoms with Gasteiger partial charge in [0, 0.05) is 40.7 Å². The Labute approximate surface area is 177 Å². The van der Waals surface area contributed by atoms with Gasteiger partial charge in [0.2, 0.25) is 6.29 Å². The van der Waals surface area contributed by atoms with Crippen molar-refractivity contribution in [2.24, 2.45) is 0 Å². The zero-order valence-electron chi connectivity index (χ0n) is 16.6. The summed E-state index contributed by atoms with van der Waals surface area (Å²) in [5.41, 5.74) is 2.04. The molecular weight excluding hydrogens is 408 g/mol.